The molecule has 5 heteroatoms. The first-order valence-electron chi connectivity index (χ1n) is 6.77. The van der Waals surface area contributed by atoms with Crippen LogP contribution in [0.2, 0.25) is 0 Å². The summed E-state index contributed by atoms with van der Waals surface area (Å²) in [5.74, 6) is -0.100. The number of carbonyl (C=O) groups is 1. The lowest BCUT2D eigenvalue weighted by atomic mass is 10.1. The van der Waals surface area contributed by atoms with Crippen molar-refractivity contribution in [2.75, 3.05) is 0 Å². The predicted octanol–water partition coefficient (Wildman–Crippen LogP) is 2.88. The first kappa shape index (κ1) is 12.1. The Morgan fingerprint density at radius 1 is 1.53 bits per heavy atom. The number of carboxylic acid groups (broad SMARTS) is 1. The van der Waals surface area contributed by atoms with Crippen molar-refractivity contribution in [2.45, 2.75) is 38.6 Å². The van der Waals surface area contributed by atoms with E-state index in [-0.39, 0.29) is 5.56 Å². The van der Waals surface area contributed by atoms with Crippen LogP contribution in [0.25, 0.3) is 11.0 Å². The summed E-state index contributed by atoms with van der Waals surface area (Å²) in [5.41, 5.74) is 1.88. The van der Waals surface area contributed by atoms with Crippen molar-refractivity contribution in [3.63, 3.8) is 0 Å². The van der Waals surface area contributed by atoms with Gasteiger partial charge >= 0.3 is 5.97 Å². The van der Waals surface area contributed by atoms with E-state index in [1.54, 1.807) is 18.2 Å². The van der Waals surface area contributed by atoms with Crippen molar-refractivity contribution >= 4 is 17.0 Å². The van der Waals surface area contributed by atoms with E-state index in [0.29, 0.717) is 6.04 Å². The summed E-state index contributed by atoms with van der Waals surface area (Å²) in [4.78, 5) is 11.1. The number of benzene rings is 1. The van der Waals surface area contributed by atoms with Gasteiger partial charge in [-0.15, -0.1) is 5.10 Å². The van der Waals surface area contributed by atoms with Crippen molar-refractivity contribution in [3.8, 4) is 0 Å². The first-order chi connectivity index (χ1) is 9.19. The number of hydrogen-bond donors (Lipinski definition) is 1. The zero-order valence-corrected chi connectivity index (χ0v) is 10.9. The van der Waals surface area contributed by atoms with Crippen molar-refractivity contribution in [1.82, 2.24) is 15.0 Å². The van der Waals surface area contributed by atoms with Gasteiger partial charge in [0.15, 0.2) is 0 Å². The number of fused-ring (bicyclic) bond motifs is 1. The molecule has 5 nitrogen and oxygen atoms in total. The Morgan fingerprint density at radius 3 is 2.95 bits per heavy atom. The van der Waals surface area contributed by atoms with E-state index in [1.165, 1.54) is 12.8 Å². The maximum Gasteiger partial charge on any atom is 0.335 e. The van der Waals surface area contributed by atoms with E-state index < -0.39 is 5.97 Å². The zero-order chi connectivity index (χ0) is 13.4. The molecule has 0 spiro atoms. The second-order valence-electron chi connectivity index (χ2n) is 5.28. The van der Waals surface area contributed by atoms with E-state index in [1.807, 2.05) is 4.68 Å². The molecule has 1 aliphatic rings. The molecule has 100 valence electrons. The molecular weight excluding hydrogens is 242 g/mol. The summed E-state index contributed by atoms with van der Waals surface area (Å²) in [6.07, 6.45) is 4.73. The standard InChI is InChI=1S/C14H17N3O2/c1-2-11(7-9-3-4-9)17-13-8-10(14(18)19)5-6-12(13)15-16-17/h5-6,8-9,11H,2-4,7H2,1H3,(H,18,19). The van der Waals surface area contributed by atoms with Gasteiger partial charge in [0.1, 0.15) is 5.52 Å². The summed E-state index contributed by atoms with van der Waals surface area (Å²) in [6, 6.07) is 5.30. The molecule has 0 amide bonds. The minimum Gasteiger partial charge on any atom is -0.478 e. The largest absolute Gasteiger partial charge is 0.478 e. The second kappa shape index (κ2) is 4.64. The molecular formula is C14H17N3O2. The first-order valence-corrected chi connectivity index (χ1v) is 6.77. The molecule has 1 aliphatic carbocycles. The molecule has 1 aromatic carbocycles. The van der Waals surface area contributed by atoms with Crippen LogP contribution >= 0.6 is 0 Å². The Bertz CT molecular complexity index is 616. The molecule has 1 heterocycles. The molecule has 19 heavy (non-hydrogen) atoms. The molecule has 0 bridgehead atoms. The van der Waals surface area contributed by atoms with Gasteiger partial charge < -0.3 is 5.11 Å². The lowest BCUT2D eigenvalue weighted by molar-refractivity contribution is 0.0697. The Kier molecular flexibility index (Phi) is 2.97. The van der Waals surface area contributed by atoms with E-state index in [4.69, 9.17) is 5.11 Å². The number of nitrogens with zero attached hydrogens (tertiary/aromatic N) is 3. The van der Waals surface area contributed by atoms with Gasteiger partial charge in [0.05, 0.1) is 17.1 Å². The second-order valence-corrected chi connectivity index (χ2v) is 5.28. The molecule has 0 radical (unpaired) electrons. The van der Waals surface area contributed by atoms with Crippen LogP contribution in [0.15, 0.2) is 18.2 Å². The van der Waals surface area contributed by atoms with Crippen LogP contribution in [-0.4, -0.2) is 26.1 Å². The number of hydrogen-bond acceptors (Lipinski definition) is 3. The predicted molar refractivity (Wildman–Crippen MR) is 71.2 cm³/mol. The number of aromatic carboxylic acids is 1. The summed E-state index contributed by atoms with van der Waals surface area (Å²) >= 11 is 0. The van der Waals surface area contributed by atoms with Crippen molar-refractivity contribution in [1.29, 1.82) is 0 Å². The molecule has 1 fully saturated rings. The lowest BCUT2D eigenvalue weighted by Crippen LogP contribution is -2.11. The molecule has 1 aromatic heterocycles. The van der Waals surface area contributed by atoms with Gasteiger partial charge in [0.25, 0.3) is 0 Å². The number of carboxylic acids is 1. The third-order valence-electron chi connectivity index (χ3n) is 3.84. The van der Waals surface area contributed by atoms with Crippen LogP contribution in [0.1, 0.15) is 49.0 Å². The molecule has 0 aliphatic heterocycles. The maximum absolute atomic E-state index is 11.1. The molecule has 0 saturated heterocycles. The third kappa shape index (κ3) is 2.32. The monoisotopic (exact) mass is 259 g/mol. The molecule has 3 rings (SSSR count). The van der Waals surface area contributed by atoms with Crippen LogP contribution in [0.3, 0.4) is 0 Å². The van der Waals surface area contributed by atoms with Gasteiger partial charge in [-0.3, -0.25) is 0 Å². The fourth-order valence-electron chi connectivity index (χ4n) is 2.52. The minimum atomic E-state index is -0.912. The van der Waals surface area contributed by atoms with Crippen LogP contribution in [0.5, 0.6) is 0 Å². The van der Waals surface area contributed by atoms with E-state index in [0.717, 1.165) is 29.8 Å². The van der Waals surface area contributed by atoms with Crippen molar-refractivity contribution in [3.05, 3.63) is 23.8 Å². The summed E-state index contributed by atoms with van der Waals surface area (Å²) in [5, 5.41) is 17.4. The number of rotatable bonds is 5. The van der Waals surface area contributed by atoms with Crippen molar-refractivity contribution < 1.29 is 9.90 Å². The van der Waals surface area contributed by atoms with Crippen molar-refractivity contribution in [2.24, 2.45) is 5.92 Å². The van der Waals surface area contributed by atoms with E-state index in [9.17, 15) is 4.79 Å². The van der Waals surface area contributed by atoms with E-state index >= 15 is 0 Å². The fraction of sp³-hybridized carbons (Fsp3) is 0.500. The van der Waals surface area contributed by atoms with Gasteiger partial charge in [-0.25, -0.2) is 9.48 Å². The quantitative estimate of drug-likeness (QED) is 0.896. The van der Waals surface area contributed by atoms with Crippen LogP contribution in [0.4, 0.5) is 0 Å². The van der Waals surface area contributed by atoms with Crippen LogP contribution in [-0.2, 0) is 0 Å². The molecule has 1 saturated carbocycles. The van der Waals surface area contributed by atoms with Gasteiger partial charge in [-0.2, -0.15) is 0 Å². The van der Waals surface area contributed by atoms with Gasteiger partial charge in [0, 0.05) is 0 Å². The lowest BCUT2D eigenvalue weighted by Gasteiger charge is -2.15. The topological polar surface area (TPSA) is 68.0 Å². The molecule has 1 unspecified atom stereocenters. The highest BCUT2D eigenvalue weighted by Gasteiger charge is 2.27. The highest BCUT2D eigenvalue weighted by molar-refractivity contribution is 5.92. The average Bonchev–Trinajstić information content (AvgIpc) is 3.13. The average molecular weight is 259 g/mol. The molecule has 1 atom stereocenters. The Hall–Kier alpha value is -1.91. The summed E-state index contributed by atoms with van der Waals surface area (Å²) < 4.78 is 1.90. The smallest absolute Gasteiger partial charge is 0.335 e. The SMILES string of the molecule is CCC(CC1CC1)n1nnc2ccc(C(=O)O)cc21. The number of aromatic nitrogens is 3. The van der Waals surface area contributed by atoms with E-state index in [2.05, 4.69) is 17.2 Å². The Labute approximate surface area is 111 Å². The van der Waals surface area contributed by atoms with Crippen LogP contribution < -0.4 is 0 Å². The molecule has 2 aromatic rings. The Morgan fingerprint density at radius 2 is 2.32 bits per heavy atom. The highest BCUT2D eigenvalue weighted by Crippen LogP contribution is 2.38. The Balaban J connectivity index is 2.01. The zero-order valence-electron chi connectivity index (χ0n) is 10.9. The molecule has 1 N–H and O–H groups in total. The van der Waals surface area contributed by atoms with Crippen LogP contribution in [0, 0.1) is 5.92 Å². The highest BCUT2D eigenvalue weighted by atomic mass is 16.4. The van der Waals surface area contributed by atoms with Gasteiger partial charge in [0.2, 0.25) is 0 Å². The summed E-state index contributed by atoms with van der Waals surface area (Å²) in [7, 11) is 0. The minimum absolute atomic E-state index is 0.289. The normalized spacial score (nSPS) is 16.7. The fourth-order valence-corrected chi connectivity index (χ4v) is 2.52. The van der Waals surface area contributed by atoms with Gasteiger partial charge in [-0.1, -0.05) is 25.0 Å². The maximum atomic E-state index is 11.1. The third-order valence-corrected chi connectivity index (χ3v) is 3.84. The van der Waals surface area contributed by atoms with Gasteiger partial charge in [-0.05, 0) is 37.0 Å². The summed E-state index contributed by atoms with van der Waals surface area (Å²) in [6.45, 7) is 2.14.